The number of anilines is 2. The predicted molar refractivity (Wildman–Crippen MR) is 102 cm³/mol. The van der Waals surface area contributed by atoms with Crippen molar-refractivity contribution in [2.75, 3.05) is 36.4 Å². The smallest absolute Gasteiger partial charge is 0.407 e. The normalized spacial score (nSPS) is 13.8. The maximum atomic E-state index is 12.5. The second kappa shape index (κ2) is 7.98. The summed E-state index contributed by atoms with van der Waals surface area (Å²) in [6, 6.07) is 13.9. The molecule has 7 nitrogen and oxygen atoms in total. The number of carboxylic acid groups (broad SMARTS) is 1. The summed E-state index contributed by atoms with van der Waals surface area (Å²) in [6.07, 6.45) is -0.947. The van der Waals surface area contributed by atoms with Crippen molar-refractivity contribution < 1.29 is 14.7 Å². The van der Waals surface area contributed by atoms with Gasteiger partial charge in [0.1, 0.15) is 6.07 Å². The number of halogens is 1. The first kappa shape index (κ1) is 18.5. The third-order valence-electron chi connectivity index (χ3n) is 4.38. The van der Waals surface area contributed by atoms with E-state index in [4.69, 9.17) is 16.7 Å². The van der Waals surface area contributed by atoms with Gasteiger partial charge in [0, 0.05) is 36.8 Å². The molecule has 1 saturated heterocycles. The molecule has 1 fully saturated rings. The highest BCUT2D eigenvalue weighted by Crippen LogP contribution is 2.28. The molecule has 2 N–H and O–H groups in total. The molecule has 1 heterocycles. The monoisotopic (exact) mass is 384 g/mol. The number of hydrogen-bond acceptors (Lipinski definition) is 4. The van der Waals surface area contributed by atoms with Crippen molar-refractivity contribution in [2.24, 2.45) is 0 Å². The second-order valence-electron chi connectivity index (χ2n) is 6.03. The Morgan fingerprint density at radius 2 is 1.81 bits per heavy atom. The van der Waals surface area contributed by atoms with Crippen molar-refractivity contribution in [1.29, 1.82) is 5.26 Å². The van der Waals surface area contributed by atoms with Gasteiger partial charge in [-0.3, -0.25) is 4.79 Å². The van der Waals surface area contributed by atoms with Crippen LogP contribution in [0.2, 0.25) is 5.02 Å². The summed E-state index contributed by atoms with van der Waals surface area (Å²) < 4.78 is 0. The average Bonchev–Trinajstić information content (AvgIpc) is 2.68. The molecule has 3 rings (SSSR count). The number of nitrogens with one attached hydrogen (secondary N) is 1. The van der Waals surface area contributed by atoms with Crippen molar-refractivity contribution >= 4 is 35.0 Å². The quantitative estimate of drug-likeness (QED) is 0.846. The fourth-order valence-electron chi connectivity index (χ4n) is 2.99. The molecule has 0 aliphatic carbocycles. The van der Waals surface area contributed by atoms with E-state index in [-0.39, 0.29) is 5.91 Å². The lowest BCUT2D eigenvalue weighted by molar-refractivity contribution is 0.102. The fourth-order valence-corrected chi connectivity index (χ4v) is 3.18. The van der Waals surface area contributed by atoms with Crippen LogP contribution in [0.4, 0.5) is 16.2 Å². The number of nitriles is 1. The number of nitrogens with zero attached hydrogens (tertiary/aromatic N) is 3. The Labute approximate surface area is 161 Å². The van der Waals surface area contributed by atoms with Gasteiger partial charge in [-0.2, -0.15) is 5.26 Å². The van der Waals surface area contributed by atoms with Gasteiger partial charge < -0.3 is 20.2 Å². The first-order valence-electron chi connectivity index (χ1n) is 8.32. The number of benzene rings is 2. The van der Waals surface area contributed by atoms with Crippen molar-refractivity contribution in [3.05, 3.63) is 58.6 Å². The summed E-state index contributed by atoms with van der Waals surface area (Å²) in [5.41, 5.74) is 1.82. The Hall–Kier alpha value is -3.24. The van der Waals surface area contributed by atoms with Crippen LogP contribution in [0.3, 0.4) is 0 Å². The number of carbonyl (C=O) groups excluding carboxylic acids is 1. The van der Waals surface area contributed by atoms with Crippen molar-refractivity contribution in [3.8, 4) is 6.07 Å². The van der Waals surface area contributed by atoms with E-state index < -0.39 is 6.09 Å². The lowest BCUT2D eigenvalue weighted by atomic mass is 10.1. The van der Waals surface area contributed by atoms with E-state index in [0.717, 1.165) is 0 Å². The van der Waals surface area contributed by atoms with E-state index in [1.165, 1.54) is 4.90 Å². The number of amides is 2. The van der Waals surface area contributed by atoms with Crippen LogP contribution in [0, 0.1) is 11.3 Å². The minimum atomic E-state index is -0.947. The van der Waals surface area contributed by atoms with Crippen LogP contribution in [-0.4, -0.2) is 48.2 Å². The average molecular weight is 385 g/mol. The zero-order valence-electron chi connectivity index (χ0n) is 14.4. The standard InChI is InChI=1S/C19H17ClN4O3/c20-14-4-1-3-13(11-14)18(25)22-16-5-2-6-17(15(16)12-21)23-7-9-24(10-8-23)19(26)27/h1-6,11H,7-10H2,(H,22,25)(H,26,27). The molecule has 2 aromatic carbocycles. The molecule has 1 aliphatic rings. The highest BCUT2D eigenvalue weighted by atomic mass is 35.5. The Bertz CT molecular complexity index is 917. The SMILES string of the molecule is N#Cc1c(NC(=O)c2cccc(Cl)c2)cccc1N1CCN(C(=O)O)CC1. The van der Waals surface area contributed by atoms with Crippen molar-refractivity contribution in [2.45, 2.75) is 0 Å². The van der Waals surface area contributed by atoms with Gasteiger partial charge in [0.15, 0.2) is 0 Å². The van der Waals surface area contributed by atoms with E-state index in [9.17, 15) is 14.9 Å². The lowest BCUT2D eigenvalue weighted by Gasteiger charge is -2.35. The highest BCUT2D eigenvalue weighted by molar-refractivity contribution is 6.31. The van der Waals surface area contributed by atoms with Gasteiger partial charge in [0.2, 0.25) is 0 Å². The molecule has 2 amide bonds. The van der Waals surface area contributed by atoms with Crippen LogP contribution in [-0.2, 0) is 0 Å². The van der Waals surface area contributed by atoms with E-state index in [1.807, 2.05) is 4.90 Å². The molecule has 0 atom stereocenters. The second-order valence-corrected chi connectivity index (χ2v) is 6.47. The molecule has 2 aromatic rings. The van der Waals surface area contributed by atoms with Gasteiger partial charge in [-0.15, -0.1) is 0 Å². The molecule has 0 unspecified atom stereocenters. The molecule has 1 aliphatic heterocycles. The first-order chi connectivity index (χ1) is 13.0. The topological polar surface area (TPSA) is 96.7 Å². The molecule has 0 radical (unpaired) electrons. The maximum absolute atomic E-state index is 12.5. The summed E-state index contributed by atoms with van der Waals surface area (Å²) in [6.45, 7) is 1.68. The summed E-state index contributed by atoms with van der Waals surface area (Å²) in [5.74, 6) is -0.359. The minimum absolute atomic E-state index is 0.344. The zero-order valence-corrected chi connectivity index (χ0v) is 15.1. The van der Waals surface area contributed by atoms with E-state index >= 15 is 0 Å². The molecule has 0 bridgehead atoms. The molecular formula is C19H17ClN4O3. The fraction of sp³-hybridized carbons (Fsp3) is 0.211. The summed E-state index contributed by atoms with van der Waals surface area (Å²) >= 11 is 5.93. The van der Waals surface area contributed by atoms with E-state index in [2.05, 4.69) is 11.4 Å². The zero-order chi connectivity index (χ0) is 19.4. The van der Waals surface area contributed by atoms with Gasteiger partial charge in [-0.05, 0) is 30.3 Å². The van der Waals surface area contributed by atoms with Crippen molar-refractivity contribution in [1.82, 2.24) is 4.90 Å². The van der Waals surface area contributed by atoms with Gasteiger partial charge in [-0.1, -0.05) is 23.7 Å². The van der Waals surface area contributed by atoms with E-state index in [1.54, 1.807) is 42.5 Å². The maximum Gasteiger partial charge on any atom is 0.407 e. The Morgan fingerprint density at radius 1 is 1.11 bits per heavy atom. The van der Waals surface area contributed by atoms with Crippen LogP contribution in [0.1, 0.15) is 15.9 Å². The lowest BCUT2D eigenvalue weighted by Crippen LogP contribution is -2.48. The minimum Gasteiger partial charge on any atom is -0.465 e. The van der Waals surface area contributed by atoms with Crippen LogP contribution < -0.4 is 10.2 Å². The third kappa shape index (κ3) is 4.13. The van der Waals surface area contributed by atoms with Crippen LogP contribution >= 0.6 is 11.6 Å². The molecular weight excluding hydrogens is 368 g/mol. The molecule has 0 aromatic heterocycles. The first-order valence-corrected chi connectivity index (χ1v) is 8.70. The highest BCUT2D eigenvalue weighted by Gasteiger charge is 2.23. The number of piperazine rings is 1. The van der Waals surface area contributed by atoms with Crippen LogP contribution in [0.15, 0.2) is 42.5 Å². The summed E-state index contributed by atoms with van der Waals surface area (Å²) in [5, 5.41) is 21.9. The van der Waals surface area contributed by atoms with E-state index in [0.29, 0.717) is 53.7 Å². The summed E-state index contributed by atoms with van der Waals surface area (Å²) in [7, 11) is 0. The Kier molecular flexibility index (Phi) is 5.48. The van der Waals surface area contributed by atoms with Gasteiger partial charge in [0.05, 0.1) is 16.9 Å². The summed E-state index contributed by atoms with van der Waals surface area (Å²) in [4.78, 5) is 26.8. The van der Waals surface area contributed by atoms with Gasteiger partial charge >= 0.3 is 6.09 Å². The van der Waals surface area contributed by atoms with Crippen molar-refractivity contribution in [3.63, 3.8) is 0 Å². The Balaban J connectivity index is 1.82. The molecule has 0 spiro atoms. The number of rotatable bonds is 3. The largest absolute Gasteiger partial charge is 0.465 e. The number of carbonyl (C=O) groups is 2. The number of hydrogen-bond donors (Lipinski definition) is 2. The van der Waals surface area contributed by atoms with Gasteiger partial charge in [-0.25, -0.2) is 4.79 Å². The third-order valence-corrected chi connectivity index (χ3v) is 4.62. The molecule has 8 heteroatoms. The molecule has 27 heavy (non-hydrogen) atoms. The van der Waals surface area contributed by atoms with Crippen LogP contribution in [0.25, 0.3) is 0 Å². The molecule has 138 valence electrons. The van der Waals surface area contributed by atoms with Gasteiger partial charge in [0.25, 0.3) is 5.91 Å². The van der Waals surface area contributed by atoms with Crippen LogP contribution in [0.5, 0.6) is 0 Å². The molecule has 0 saturated carbocycles. The Morgan fingerprint density at radius 3 is 2.44 bits per heavy atom. The predicted octanol–water partition coefficient (Wildman–Crippen LogP) is 3.26.